The van der Waals surface area contributed by atoms with Gasteiger partial charge in [0.25, 0.3) is 0 Å². The molecule has 1 rings (SSSR count). The molecular formula is C8H13NO2S2. The third kappa shape index (κ3) is 3.10. The highest BCUT2D eigenvalue weighted by Gasteiger charge is 2.15. The summed E-state index contributed by atoms with van der Waals surface area (Å²) in [4.78, 5) is 0.963. The predicted molar refractivity (Wildman–Crippen MR) is 55.7 cm³/mol. The smallest absolute Gasteiger partial charge is 0.149 e. The molecule has 0 spiro atoms. The van der Waals surface area contributed by atoms with E-state index in [2.05, 4.69) is 0 Å². The second kappa shape index (κ2) is 3.77. The average molecular weight is 219 g/mol. The molecule has 1 aromatic heterocycles. The fourth-order valence-electron chi connectivity index (χ4n) is 1.17. The summed E-state index contributed by atoms with van der Waals surface area (Å²) in [6.07, 6.45) is 1.20. The monoisotopic (exact) mass is 219 g/mol. The van der Waals surface area contributed by atoms with Gasteiger partial charge in [0.15, 0.2) is 0 Å². The molecule has 0 saturated heterocycles. The van der Waals surface area contributed by atoms with Crippen LogP contribution in [0.2, 0.25) is 0 Å². The van der Waals surface area contributed by atoms with Crippen molar-refractivity contribution in [3.63, 3.8) is 0 Å². The highest BCUT2D eigenvalue weighted by atomic mass is 32.2. The zero-order chi connectivity index (χ0) is 10.1. The van der Waals surface area contributed by atoms with Crippen LogP contribution in [0, 0.1) is 6.92 Å². The molecule has 0 aliphatic heterocycles. The largest absolute Gasteiger partial charge is 0.322 e. The van der Waals surface area contributed by atoms with E-state index in [0.717, 1.165) is 10.4 Å². The van der Waals surface area contributed by atoms with Crippen LogP contribution in [0.15, 0.2) is 11.4 Å². The molecule has 3 nitrogen and oxygen atoms in total. The Morgan fingerprint density at radius 2 is 2.23 bits per heavy atom. The molecule has 2 N–H and O–H groups in total. The molecule has 5 heteroatoms. The Labute approximate surface area is 82.5 Å². The summed E-state index contributed by atoms with van der Waals surface area (Å²) >= 11 is 1.51. The molecule has 0 fully saturated rings. The van der Waals surface area contributed by atoms with Crippen LogP contribution in [0.4, 0.5) is 0 Å². The summed E-state index contributed by atoms with van der Waals surface area (Å²) < 4.78 is 21.9. The van der Waals surface area contributed by atoms with E-state index in [0.29, 0.717) is 0 Å². The minimum atomic E-state index is -2.98. The lowest BCUT2D eigenvalue weighted by molar-refractivity contribution is 0.595. The molecule has 13 heavy (non-hydrogen) atoms. The third-order valence-electron chi connectivity index (χ3n) is 1.72. The van der Waals surface area contributed by atoms with Crippen LogP contribution in [-0.2, 0) is 9.84 Å². The molecule has 1 aromatic rings. The van der Waals surface area contributed by atoms with Crippen LogP contribution in [-0.4, -0.2) is 20.4 Å². The summed E-state index contributed by atoms with van der Waals surface area (Å²) in [7, 11) is -2.98. The third-order valence-corrected chi connectivity index (χ3v) is 3.84. The van der Waals surface area contributed by atoms with Crippen molar-refractivity contribution in [1.82, 2.24) is 0 Å². The first-order valence-electron chi connectivity index (χ1n) is 3.87. The van der Waals surface area contributed by atoms with Crippen molar-refractivity contribution < 1.29 is 8.42 Å². The zero-order valence-corrected chi connectivity index (χ0v) is 9.28. The van der Waals surface area contributed by atoms with E-state index >= 15 is 0 Å². The molecule has 0 bridgehead atoms. The van der Waals surface area contributed by atoms with Gasteiger partial charge in [-0.3, -0.25) is 0 Å². The Balaban J connectivity index is 2.81. The van der Waals surface area contributed by atoms with Crippen molar-refractivity contribution in [2.75, 3.05) is 12.0 Å². The average Bonchev–Trinajstić information content (AvgIpc) is 2.30. The molecule has 0 aliphatic rings. The molecule has 1 heterocycles. The summed E-state index contributed by atoms with van der Waals surface area (Å²) in [5, 5.41) is 1.92. The Morgan fingerprint density at radius 1 is 1.62 bits per heavy atom. The van der Waals surface area contributed by atoms with E-state index in [1.54, 1.807) is 0 Å². The summed E-state index contributed by atoms with van der Waals surface area (Å²) in [5.74, 6) is 0.0222. The summed E-state index contributed by atoms with van der Waals surface area (Å²) in [6, 6.07) is 1.57. The molecule has 1 atom stereocenters. The standard InChI is InChI=1S/C8H13NO2S2/c1-6-3-4-12-8(6)7(9)5-13(2,10)11/h3-4,7H,5,9H2,1-2H3. The van der Waals surface area contributed by atoms with Gasteiger partial charge in [0.2, 0.25) is 0 Å². The van der Waals surface area contributed by atoms with Crippen molar-refractivity contribution in [2.24, 2.45) is 5.73 Å². The Bertz CT molecular complexity index is 381. The van der Waals surface area contributed by atoms with Crippen molar-refractivity contribution in [3.8, 4) is 0 Å². The van der Waals surface area contributed by atoms with Gasteiger partial charge in [-0.2, -0.15) is 0 Å². The maximum absolute atomic E-state index is 11.0. The second-order valence-electron chi connectivity index (χ2n) is 3.17. The van der Waals surface area contributed by atoms with Gasteiger partial charge in [0.05, 0.1) is 11.8 Å². The number of hydrogen-bond acceptors (Lipinski definition) is 4. The van der Waals surface area contributed by atoms with Crippen molar-refractivity contribution >= 4 is 21.2 Å². The van der Waals surface area contributed by atoms with Crippen LogP contribution >= 0.6 is 11.3 Å². The SMILES string of the molecule is Cc1ccsc1C(N)CS(C)(=O)=O. The van der Waals surface area contributed by atoms with Gasteiger partial charge in [-0.1, -0.05) is 0 Å². The minimum absolute atomic E-state index is 0.0222. The van der Waals surface area contributed by atoms with Crippen LogP contribution in [0.1, 0.15) is 16.5 Å². The molecule has 0 saturated carbocycles. The van der Waals surface area contributed by atoms with E-state index in [4.69, 9.17) is 5.73 Å². The number of thiophene rings is 1. The number of sulfone groups is 1. The normalized spacial score (nSPS) is 14.4. The van der Waals surface area contributed by atoms with Gasteiger partial charge < -0.3 is 5.73 Å². The number of rotatable bonds is 3. The lowest BCUT2D eigenvalue weighted by atomic mass is 10.2. The van der Waals surface area contributed by atoms with E-state index in [-0.39, 0.29) is 11.8 Å². The first-order chi connectivity index (χ1) is 5.90. The zero-order valence-electron chi connectivity index (χ0n) is 7.65. The van der Waals surface area contributed by atoms with Gasteiger partial charge in [-0.05, 0) is 23.9 Å². The first-order valence-corrected chi connectivity index (χ1v) is 6.81. The maximum atomic E-state index is 11.0. The van der Waals surface area contributed by atoms with Gasteiger partial charge in [0, 0.05) is 11.1 Å². The van der Waals surface area contributed by atoms with Crippen LogP contribution < -0.4 is 5.73 Å². The molecule has 0 aliphatic carbocycles. The van der Waals surface area contributed by atoms with E-state index in [1.165, 1.54) is 17.6 Å². The quantitative estimate of drug-likeness (QED) is 0.828. The highest BCUT2D eigenvalue weighted by Crippen LogP contribution is 2.22. The van der Waals surface area contributed by atoms with Crippen molar-refractivity contribution in [3.05, 3.63) is 21.9 Å². The molecular weight excluding hydrogens is 206 g/mol. The van der Waals surface area contributed by atoms with Crippen LogP contribution in [0.3, 0.4) is 0 Å². The number of aryl methyl sites for hydroxylation is 1. The topological polar surface area (TPSA) is 60.2 Å². The minimum Gasteiger partial charge on any atom is -0.322 e. The van der Waals surface area contributed by atoms with Gasteiger partial charge in [-0.25, -0.2) is 8.42 Å². The Kier molecular flexibility index (Phi) is 3.10. The molecule has 0 aromatic carbocycles. The molecule has 0 radical (unpaired) electrons. The fourth-order valence-corrected chi connectivity index (χ4v) is 3.02. The Hall–Kier alpha value is -0.390. The van der Waals surface area contributed by atoms with Crippen molar-refractivity contribution in [1.29, 1.82) is 0 Å². The van der Waals surface area contributed by atoms with Gasteiger partial charge >= 0.3 is 0 Å². The number of nitrogens with two attached hydrogens (primary N) is 1. The van der Waals surface area contributed by atoms with Crippen molar-refractivity contribution in [2.45, 2.75) is 13.0 Å². The summed E-state index contributed by atoms with van der Waals surface area (Å²) in [6.45, 7) is 1.94. The highest BCUT2D eigenvalue weighted by molar-refractivity contribution is 7.90. The van der Waals surface area contributed by atoms with Crippen LogP contribution in [0.25, 0.3) is 0 Å². The van der Waals surface area contributed by atoms with E-state index < -0.39 is 9.84 Å². The van der Waals surface area contributed by atoms with Gasteiger partial charge in [-0.15, -0.1) is 11.3 Å². The Morgan fingerprint density at radius 3 is 2.62 bits per heavy atom. The van der Waals surface area contributed by atoms with Gasteiger partial charge in [0.1, 0.15) is 9.84 Å². The molecule has 0 amide bonds. The van der Waals surface area contributed by atoms with E-state index in [9.17, 15) is 8.42 Å². The summed E-state index contributed by atoms with van der Waals surface area (Å²) in [5.41, 5.74) is 6.83. The lowest BCUT2D eigenvalue weighted by Gasteiger charge is -2.08. The lowest BCUT2D eigenvalue weighted by Crippen LogP contribution is -2.20. The first kappa shape index (κ1) is 10.7. The maximum Gasteiger partial charge on any atom is 0.149 e. The second-order valence-corrected chi connectivity index (χ2v) is 6.30. The van der Waals surface area contributed by atoms with E-state index in [1.807, 2.05) is 18.4 Å². The number of hydrogen-bond donors (Lipinski definition) is 1. The molecule has 1 unspecified atom stereocenters. The van der Waals surface area contributed by atoms with Crippen LogP contribution in [0.5, 0.6) is 0 Å². The fraction of sp³-hybridized carbons (Fsp3) is 0.500. The molecule has 74 valence electrons. The predicted octanol–water partition coefficient (Wildman–Crippen LogP) is 1.10.